The van der Waals surface area contributed by atoms with Crippen molar-refractivity contribution in [3.8, 4) is 0 Å². The fourth-order valence-electron chi connectivity index (χ4n) is 1.39. The number of nitrogens with two attached hydrogens (primary N) is 1. The maximum absolute atomic E-state index is 12.1. The van der Waals surface area contributed by atoms with Crippen LogP contribution in [0.4, 0.5) is 5.69 Å². The number of carbonyl (C=O) groups is 1. The third kappa shape index (κ3) is 1.83. The summed E-state index contributed by atoms with van der Waals surface area (Å²) in [6, 6.07) is 6.80. The van der Waals surface area contributed by atoms with Gasteiger partial charge in [0, 0.05) is 18.3 Å². The number of halogens is 1. The number of hydrogen-bond acceptors (Lipinski definition) is 4. The van der Waals surface area contributed by atoms with Gasteiger partial charge in [0.1, 0.15) is 5.69 Å². The maximum Gasteiger partial charge on any atom is 0.213 e. The summed E-state index contributed by atoms with van der Waals surface area (Å²) in [4.78, 5) is 12.1. The Kier molecular flexibility index (Phi) is 2.74. The second kappa shape index (κ2) is 4.05. The van der Waals surface area contributed by atoms with Crippen LogP contribution in [0.1, 0.15) is 16.1 Å². The molecule has 0 unspecified atom stereocenters. The fourth-order valence-corrected chi connectivity index (χ4v) is 1.90. The van der Waals surface area contributed by atoms with E-state index < -0.39 is 0 Å². The number of carbonyl (C=O) groups excluding carboxylic acids is 1. The molecule has 0 radical (unpaired) electrons. The van der Waals surface area contributed by atoms with Crippen molar-refractivity contribution < 1.29 is 4.79 Å². The van der Waals surface area contributed by atoms with Crippen LogP contribution in [0.25, 0.3) is 0 Å². The predicted octanol–water partition coefficient (Wildman–Crippen LogP) is 1.39. The molecule has 0 amide bonds. The molecule has 2 rings (SSSR count). The SMILES string of the molecule is Cn1nnc(Br)c1C(=O)c1cccc(N)c1. The molecule has 1 aromatic carbocycles. The molecule has 6 heteroatoms. The first-order valence-corrected chi connectivity index (χ1v) is 5.34. The Balaban J connectivity index is 2.47. The van der Waals surface area contributed by atoms with Crippen molar-refractivity contribution >= 4 is 27.4 Å². The van der Waals surface area contributed by atoms with E-state index in [1.807, 2.05) is 0 Å². The zero-order valence-electron chi connectivity index (χ0n) is 8.51. The van der Waals surface area contributed by atoms with Crippen LogP contribution in [-0.4, -0.2) is 20.8 Å². The van der Waals surface area contributed by atoms with E-state index >= 15 is 0 Å². The van der Waals surface area contributed by atoms with Crippen LogP contribution in [0.2, 0.25) is 0 Å². The molecule has 5 nitrogen and oxygen atoms in total. The van der Waals surface area contributed by atoms with E-state index in [4.69, 9.17) is 5.73 Å². The zero-order chi connectivity index (χ0) is 11.7. The summed E-state index contributed by atoms with van der Waals surface area (Å²) in [5, 5.41) is 7.52. The molecule has 0 aliphatic heterocycles. The van der Waals surface area contributed by atoms with Crippen molar-refractivity contribution in [2.24, 2.45) is 7.05 Å². The molecule has 0 fully saturated rings. The van der Waals surface area contributed by atoms with Crippen LogP contribution in [0.5, 0.6) is 0 Å². The lowest BCUT2D eigenvalue weighted by molar-refractivity contribution is 0.102. The first-order chi connectivity index (χ1) is 7.59. The lowest BCUT2D eigenvalue weighted by Crippen LogP contribution is -2.09. The quantitative estimate of drug-likeness (QED) is 0.667. The van der Waals surface area contributed by atoms with E-state index in [0.29, 0.717) is 21.5 Å². The van der Waals surface area contributed by atoms with Gasteiger partial charge in [0.25, 0.3) is 0 Å². The Morgan fingerprint density at radius 3 is 2.81 bits per heavy atom. The normalized spacial score (nSPS) is 10.4. The largest absolute Gasteiger partial charge is 0.399 e. The summed E-state index contributed by atoms with van der Waals surface area (Å²) in [5.41, 5.74) is 7.10. The molecule has 2 aromatic rings. The van der Waals surface area contributed by atoms with Gasteiger partial charge >= 0.3 is 0 Å². The summed E-state index contributed by atoms with van der Waals surface area (Å²) < 4.78 is 1.86. The first kappa shape index (κ1) is 10.8. The van der Waals surface area contributed by atoms with Gasteiger partial charge in [-0.05, 0) is 28.1 Å². The Labute approximate surface area is 100 Å². The molecular weight excluding hydrogens is 272 g/mol. The first-order valence-electron chi connectivity index (χ1n) is 4.55. The molecule has 0 spiro atoms. The molecule has 0 aliphatic carbocycles. The van der Waals surface area contributed by atoms with Gasteiger partial charge in [-0.3, -0.25) is 4.79 Å². The number of aromatic nitrogens is 3. The van der Waals surface area contributed by atoms with E-state index in [9.17, 15) is 4.79 Å². The minimum Gasteiger partial charge on any atom is -0.399 e. The Bertz CT molecular complexity index is 530. The average molecular weight is 281 g/mol. The van der Waals surface area contributed by atoms with Crippen LogP contribution in [0.3, 0.4) is 0 Å². The van der Waals surface area contributed by atoms with Gasteiger partial charge in [0.05, 0.1) is 0 Å². The van der Waals surface area contributed by atoms with Gasteiger partial charge in [-0.1, -0.05) is 17.3 Å². The van der Waals surface area contributed by atoms with Crippen molar-refractivity contribution in [2.45, 2.75) is 0 Å². The van der Waals surface area contributed by atoms with Crippen LogP contribution >= 0.6 is 15.9 Å². The summed E-state index contributed by atoms with van der Waals surface area (Å²) in [7, 11) is 1.66. The highest BCUT2D eigenvalue weighted by atomic mass is 79.9. The number of nitrogens with zero attached hydrogens (tertiary/aromatic N) is 3. The van der Waals surface area contributed by atoms with Gasteiger partial charge in [-0.15, -0.1) is 5.10 Å². The van der Waals surface area contributed by atoms with E-state index in [1.54, 1.807) is 31.3 Å². The minimum absolute atomic E-state index is 0.160. The zero-order valence-corrected chi connectivity index (χ0v) is 10.1. The summed E-state index contributed by atoms with van der Waals surface area (Å²) in [5.74, 6) is -0.160. The Morgan fingerprint density at radius 1 is 1.50 bits per heavy atom. The Morgan fingerprint density at radius 2 is 2.25 bits per heavy atom. The van der Waals surface area contributed by atoms with Crippen LogP contribution < -0.4 is 5.73 Å². The smallest absolute Gasteiger partial charge is 0.213 e. The standard InChI is InChI=1S/C10H9BrN4O/c1-15-8(10(11)13-14-15)9(16)6-3-2-4-7(12)5-6/h2-5H,12H2,1H3. The number of hydrogen-bond donors (Lipinski definition) is 1. The molecule has 1 aromatic heterocycles. The lowest BCUT2D eigenvalue weighted by atomic mass is 10.1. The topological polar surface area (TPSA) is 73.8 Å². The van der Waals surface area contributed by atoms with Gasteiger partial charge < -0.3 is 5.73 Å². The van der Waals surface area contributed by atoms with Crippen LogP contribution in [0, 0.1) is 0 Å². The number of rotatable bonds is 2. The molecule has 0 saturated heterocycles. The summed E-state index contributed by atoms with van der Waals surface area (Å²) in [6.45, 7) is 0. The third-order valence-corrected chi connectivity index (χ3v) is 2.68. The number of benzene rings is 1. The predicted molar refractivity (Wildman–Crippen MR) is 63.0 cm³/mol. The summed E-state index contributed by atoms with van der Waals surface area (Å²) >= 11 is 3.19. The molecule has 0 bridgehead atoms. The molecule has 82 valence electrons. The van der Waals surface area contributed by atoms with E-state index in [2.05, 4.69) is 26.2 Å². The van der Waals surface area contributed by atoms with Crippen LogP contribution in [0.15, 0.2) is 28.9 Å². The molecule has 0 aliphatic rings. The minimum atomic E-state index is -0.160. The number of aryl methyl sites for hydroxylation is 1. The molecule has 0 saturated carbocycles. The highest BCUT2D eigenvalue weighted by molar-refractivity contribution is 9.10. The average Bonchev–Trinajstić information content (AvgIpc) is 2.58. The third-order valence-electron chi connectivity index (χ3n) is 2.15. The van der Waals surface area contributed by atoms with Gasteiger partial charge in [0.2, 0.25) is 5.78 Å². The van der Waals surface area contributed by atoms with Crippen LogP contribution in [-0.2, 0) is 7.05 Å². The van der Waals surface area contributed by atoms with Gasteiger partial charge in [-0.2, -0.15) is 0 Å². The molecule has 16 heavy (non-hydrogen) atoms. The number of nitrogen functional groups attached to an aromatic ring is 1. The monoisotopic (exact) mass is 280 g/mol. The maximum atomic E-state index is 12.1. The second-order valence-corrected chi connectivity index (χ2v) is 4.06. The van der Waals surface area contributed by atoms with Crippen molar-refractivity contribution in [3.63, 3.8) is 0 Å². The molecule has 0 atom stereocenters. The summed E-state index contributed by atoms with van der Waals surface area (Å²) in [6.07, 6.45) is 0. The molecular formula is C10H9BrN4O. The van der Waals surface area contributed by atoms with Crippen molar-refractivity contribution in [1.82, 2.24) is 15.0 Å². The van der Waals surface area contributed by atoms with Gasteiger partial charge in [-0.25, -0.2) is 4.68 Å². The van der Waals surface area contributed by atoms with Gasteiger partial charge in [0.15, 0.2) is 4.60 Å². The molecule has 2 N–H and O–H groups in total. The second-order valence-electron chi connectivity index (χ2n) is 3.31. The highest BCUT2D eigenvalue weighted by Gasteiger charge is 2.18. The fraction of sp³-hybridized carbons (Fsp3) is 0.100. The van der Waals surface area contributed by atoms with Crippen molar-refractivity contribution in [3.05, 3.63) is 40.1 Å². The van der Waals surface area contributed by atoms with E-state index in [1.165, 1.54) is 4.68 Å². The number of anilines is 1. The van der Waals surface area contributed by atoms with E-state index in [0.717, 1.165) is 0 Å². The van der Waals surface area contributed by atoms with Crippen molar-refractivity contribution in [2.75, 3.05) is 5.73 Å². The Hall–Kier alpha value is -1.69. The molecule has 1 heterocycles. The van der Waals surface area contributed by atoms with E-state index in [-0.39, 0.29) is 5.78 Å². The number of ketones is 1. The van der Waals surface area contributed by atoms with Crippen molar-refractivity contribution in [1.29, 1.82) is 0 Å². The lowest BCUT2D eigenvalue weighted by Gasteiger charge is -2.02. The highest BCUT2D eigenvalue weighted by Crippen LogP contribution is 2.17.